The van der Waals surface area contributed by atoms with Crippen molar-refractivity contribution in [1.29, 1.82) is 0 Å². The van der Waals surface area contributed by atoms with E-state index in [-0.39, 0.29) is 0 Å². The van der Waals surface area contributed by atoms with Gasteiger partial charge < -0.3 is 4.98 Å². The Labute approximate surface area is 112 Å². The summed E-state index contributed by atoms with van der Waals surface area (Å²) in [6, 6.07) is 10.3. The number of pyridine rings is 1. The van der Waals surface area contributed by atoms with Crippen LogP contribution in [0.4, 0.5) is 0 Å². The van der Waals surface area contributed by atoms with Crippen LogP contribution in [0.2, 0.25) is 0 Å². The Balaban J connectivity index is 2.18. The van der Waals surface area contributed by atoms with Crippen molar-refractivity contribution in [2.75, 3.05) is 0 Å². The molecule has 0 atom stereocenters. The number of benzene rings is 1. The molecule has 0 saturated carbocycles. The second-order valence-electron chi connectivity index (χ2n) is 3.92. The Kier molecular flexibility index (Phi) is 2.58. The van der Waals surface area contributed by atoms with Crippen LogP contribution in [0.1, 0.15) is 5.56 Å². The normalized spacial score (nSPS) is 10.9. The molecule has 0 aliphatic heterocycles. The van der Waals surface area contributed by atoms with Crippen LogP contribution < -0.4 is 0 Å². The van der Waals surface area contributed by atoms with E-state index in [2.05, 4.69) is 68.7 Å². The Morgan fingerprint density at radius 3 is 2.59 bits per heavy atom. The van der Waals surface area contributed by atoms with Gasteiger partial charge in [-0.1, -0.05) is 12.1 Å². The summed E-state index contributed by atoms with van der Waals surface area (Å²) in [7, 11) is 0. The van der Waals surface area contributed by atoms with Gasteiger partial charge in [0.1, 0.15) is 5.82 Å². The Morgan fingerprint density at radius 2 is 1.88 bits per heavy atom. The standard InChI is InChI=1S/C13H10IN3/c1-8-6-7-15-13-11(8)16-12(17-13)9-2-4-10(14)5-3-9/h2-7H,1H3,(H,15,16,17). The lowest BCUT2D eigenvalue weighted by Crippen LogP contribution is -1.80. The van der Waals surface area contributed by atoms with E-state index < -0.39 is 0 Å². The molecule has 0 unspecified atom stereocenters. The van der Waals surface area contributed by atoms with Crippen LogP contribution in [0.3, 0.4) is 0 Å². The van der Waals surface area contributed by atoms with Gasteiger partial charge >= 0.3 is 0 Å². The average Bonchev–Trinajstić information content (AvgIpc) is 2.75. The molecule has 0 saturated heterocycles. The molecule has 2 heterocycles. The minimum Gasteiger partial charge on any atom is -0.336 e. The van der Waals surface area contributed by atoms with Crippen LogP contribution >= 0.6 is 22.6 Å². The van der Waals surface area contributed by atoms with E-state index in [0.29, 0.717) is 0 Å². The molecule has 0 aliphatic rings. The topological polar surface area (TPSA) is 41.6 Å². The van der Waals surface area contributed by atoms with E-state index >= 15 is 0 Å². The van der Waals surface area contributed by atoms with Gasteiger partial charge in [-0.2, -0.15) is 0 Å². The molecule has 2 aromatic heterocycles. The summed E-state index contributed by atoms with van der Waals surface area (Å²) in [5, 5.41) is 0. The number of H-pyrrole nitrogens is 1. The first kappa shape index (κ1) is 10.7. The first-order valence-electron chi connectivity index (χ1n) is 5.31. The highest BCUT2D eigenvalue weighted by Gasteiger charge is 2.07. The van der Waals surface area contributed by atoms with Crippen molar-refractivity contribution in [1.82, 2.24) is 15.0 Å². The number of nitrogens with zero attached hydrogens (tertiary/aromatic N) is 2. The second kappa shape index (κ2) is 4.10. The summed E-state index contributed by atoms with van der Waals surface area (Å²) in [6.07, 6.45) is 1.79. The summed E-state index contributed by atoms with van der Waals surface area (Å²) in [5.41, 5.74) is 4.04. The Morgan fingerprint density at radius 1 is 1.12 bits per heavy atom. The highest BCUT2D eigenvalue weighted by atomic mass is 127. The predicted octanol–water partition coefficient (Wildman–Crippen LogP) is 3.54. The van der Waals surface area contributed by atoms with E-state index in [1.165, 1.54) is 9.13 Å². The smallest absolute Gasteiger partial charge is 0.178 e. The van der Waals surface area contributed by atoms with Crippen molar-refractivity contribution in [3.63, 3.8) is 0 Å². The molecule has 1 N–H and O–H groups in total. The average molecular weight is 335 g/mol. The summed E-state index contributed by atoms with van der Waals surface area (Å²) >= 11 is 2.29. The molecular formula is C13H10IN3. The number of hydrogen-bond donors (Lipinski definition) is 1. The van der Waals surface area contributed by atoms with Crippen LogP contribution in [0.5, 0.6) is 0 Å². The van der Waals surface area contributed by atoms with Crippen molar-refractivity contribution in [2.45, 2.75) is 6.92 Å². The first-order valence-corrected chi connectivity index (χ1v) is 6.39. The van der Waals surface area contributed by atoms with Crippen molar-refractivity contribution in [3.8, 4) is 11.4 Å². The van der Waals surface area contributed by atoms with Crippen LogP contribution in [0.25, 0.3) is 22.6 Å². The van der Waals surface area contributed by atoms with E-state index in [1.54, 1.807) is 6.20 Å². The van der Waals surface area contributed by atoms with Crippen LogP contribution in [0, 0.1) is 10.5 Å². The molecule has 1 aromatic carbocycles. The van der Waals surface area contributed by atoms with Crippen molar-refractivity contribution in [2.24, 2.45) is 0 Å². The largest absolute Gasteiger partial charge is 0.336 e. The molecular weight excluding hydrogens is 325 g/mol. The number of aryl methyl sites for hydroxylation is 1. The highest BCUT2D eigenvalue weighted by molar-refractivity contribution is 14.1. The molecule has 0 fully saturated rings. The maximum atomic E-state index is 4.50. The van der Waals surface area contributed by atoms with E-state index in [9.17, 15) is 0 Å². The van der Waals surface area contributed by atoms with Gasteiger partial charge in [-0.25, -0.2) is 9.97 Å². The fourth-order valence-corrected chi connectivity index (χ4v) is 2.14. The van der Waals surface area contributed by atoms with Gasteiger partial charge in [0.15, 0.2) is 5.65 Å². The van der Waals surface area contributed by atoms with Gasteiger partial charge in [0.2, 0.25) is 0 Å². The maximum Gasteiger partial charge on any atom is 0.178 e. The quantitative estimate of drug-likeness (QED) is 0.691. The number of hydrogen-bond acceptors (Lipinski definition) is 2. The minimum atomic E-state index is 0.776. The maximum absolute atomic E-state index is 4.50. The number of fused-ring (bicyclic) bond motifs is 1. The summed E-state index contributed by atoms with van der Waals surface area (Å²) in [6.45, 7) is 2.06. The third-order valence-electron chi connectivity index (χ3n) is 2.72. The molecule has 84 valence electrons. The molecule has 0 bridgehead atoms. The number of aromatic nitrogens is 3. The fourth-order valence-electron chi connectivity index (χ4n) is 1.78. The molecule has 4 heteroatoms. The zero-order valence-electron chi connectivity index (χ0n) is 9.24. The summed E-state index contributed by atoms with van der Waals surface area (Å²) in [5.74, 6) is 0.873. The first-order chi connectivity index (χ1) is 8.24. The summed E-state index contributed by atoms with van der Waals surface area (Å²) < 4.78 is 1.22. The Bertz CT molecular complexity index is 671. The van der Waals surface area contributed by atoms with E-state index in [1.807, 2.05) is 6.07 Å². The highest BCUT2D eigenvalue weighted by Crippen LogP contribution is 2.21. The summed E-state index contributed by atoms with van der Waals surface area (Å²) in [4.78, 5) is 12.1. The molecule has 0 amide bonds. The zero-order valence-corrected chi connectivity index (χ0v) is 11.4. The van der Waals surface area contributed by atoms with Gasteiger partial charge in [0.25, 0.3) is 0 Å². The van der Waals surface area contributed by atoms with Crippen LogP contribution in [0.15, 0.2) is 36.5 Å². The minimum absolute atomic E-state index is 0.776. The van der Waals surface area contributed by atoms with Gasteiger partial charge in [0.05, 0.1) is 5.52 Å². The molecule has 3 rings (SSSR count). The molecule has 3 aromatic rings. The van der Waals surface area contributed by atoms with E-state index in [0.717, 1.165) is 22.6 Å². The van der Waals surface area contributed by atoms with Crippen LogP contribution in [-0.4, -0.2) is 15.0 Å². The number of aromatic amines is 1. The van der Waals surface area contributed by atoms with Gasteiger partial charge in [0, 0.05) is 15.3 Å². The zero-order chi connectivity index (χ0) is 11.8. The molecule has 0 radical (unpaired) electrons. The lowest BCUT2D eigenvalue weighted by atomic mass is 10.2. The fraction of sp³-hybridized carbons (Fsp3) is 0.0769. The lowest BCUT2D eigenvalue weighted by Gasteiger charge is -1.96. The van der Waals surface area contributed by atoms with Crippen LogP contribution in [-0.2, 0) is 0 Å². The number of nitrogens with one attached hydrogen (secondary N) is 1. The molecule has 0 aliphatic carbocycles. The van der Waals surface area contributed by atoms with E-state index in [4.69, 9.17) is 0 Å². The number of imidazole rings is 1. The molecule has 3 nitrogen and oxygen atoms in total. The third-order valence-corrected chi connectivity index (χ3v) is 3.44. The second-order valence-corrected chi connectivity index (χ2v) is 5.16. The lowest BCUT2D eigenvalue weighted by molar-refractivity contribution is 1.30. The van der Waals surface area contributed by atoms with Gasteiger partial charge in [-0.3, -0.25) is 0 Å². The van der Waals surface area contributed by atoms with Gasteiger partial charge in [-0.15, -0.1) is 0 Å². The third kappa shape index (κ3) is 1.93. The van der Waals surface area contributed by atoms with Crippen molar-refractivity contribution in [3.05, 3.63) is 45.7 Å². The molecule has 17 heavy (non-hydrogen) atoms. The Hall–Kier alpha value is -1.43. The van der Waals surface area contributed by atoms with Crippen molar-refractivity contribution < 1.29 is 0 Å². The molecule has 0 spiro atoms. The predicted molar refractivity (Wildman–Crippen MR) is 76.8 cm³/mol. The number of rotatable bonds is 1. The SMILES string of the molecule is Cc1ccnc2nc(-c3ccc(I)cc3)[nH]c12. The number of halogens is 1. The monoisotopic (exact) mass is 335 g/mol. The van der Waals surface area contributed by atoms with Crippen molar-refractivity contribution >= 4 is 33.8 Å². The van der Waals surface area contributed by atoms with Gasteiger partial charge in [-0.05, 0) is 53.3 Å².